The molecule has 14 heteroatoms. The molecule has 52 heavy (non-hydrogen) atoms. The molecule has 0 atom stereocenters. The molecule has 0 radical (unpaired) electrons. The first-order valence-corrected chi connectivity index (χ1v) is 16.8. The zero-order valence-electron chi connectivity index (χ0n) is 30.0. The first-order valence-electron chi connectivity index (χ1n) is 15.6. The van der Waals surface area contributed by atoms with Gasteiger partial charge in [0.15, 0.2) is 11.5 Å². The summed E-state index contributed by atoms with van der Waals surface area (Å²) in [5.74, 6) is 1.97. The van der Waals surface area contributed by atoms with E-state index in [9.17, 15) is 9.59 Å². The number of nitrogens with zero attached hydrogens (tertiary/aromatic N) is 3. The second-order valence-electron chi connectivity index (χ2n) is 10.9. The van der Waals surface area contributed by atoms with Crippen LogP contribution >= 0.6 is 27.5 Å². The largest absolute Gasteiger partial charge is 0.496 e. The van der Waals surface area contributed by atoms with Crippen LogP contribution in [0.5, 0.6) is 28.9 Å². The second-order valence-corrected chi connectivity index (χ2v) is 12.1. The molecule has 1 aromatic heterocycles. The molecule has 274 valence electrons. The van der Waals surface area contributed by atoms with Crippen LogP contribution in [-0.2, 0) is 16.2 Å². The van der Waals surface area contributed by atoms with Gasteiger partial charge in [0, 0.05) is 27.3 Å². The number of anilines is 1. The van der Waals surface area contributed by atoms with Gasteiger partial charge in [0.25, 0.3) is 0 Å². The third-order valence-electron chi connectivity index (χ3n) is 7.83. The maximum atomic E-state index is 13.4. The number of rotatable bonds is 12. The zero-order chi connectivity index (χ0) is 37.9. The molecule has 1 heterocycles. The fraction of sp³-hybridized carbons (Fsp3) is 0.237. The lowest BCUT2D eigenvalue weighted by Crippen LogP contribution is -2.30. The van der Waals surface area contributed by atoms with Gasteiger partial charge in [-0.2, -0.15) is 5.06 Å². The number of carbonyl (C=O) groups is 2. The number of methoxy groups -OCH3 is 5. The van der Waals surface area contributed by atoms with Gasteiger partial charge >= 0.3 is 6.09 Å². The van der Waals surface area contributed by atoms with Crippen molar-refractivity contribution in [2.75, 3.05) is 47.7 Å². The SMILES string of the molecule is COC(=O)N(OC)c1ccccc1COc1ccn(-c2ccc(Cl)cc2)n1.COc1cc(C)c(C(=O)c2c(OC)ccc(Br)c2C)c(OC)c1OC. The summed E-state index contributed by atoms with van der Waals surface area (Å²) in [6.45, 7) is 3.89. The van der Waals surface area contributed by atoms with Gasteiger partial charge in [-0.25, -0.2) is 9.48 Å². The van der Waals surface area contributed by atoms with E-state index < -0.39 is 6.09 Å². The Kier molecular flexibility index (Phi) is 13.9. The number of ketones is 1. The molecular formula is C38H39BrClN3O9. The molecule has 12 nitrogen and oxygen atoms in total. The Balaban J connectivity index is 0.000000234. The molecule has 1 amide bonds. The highest BCUT2D eigenvalue weighted by Gasteiger charge is 2.28. The van der Waals surface area contributed by atoms with Gasteiger partial charge in [0.1, 0.15) is 12.4 Å². The highest BCUT2D eigenvalue weighted by atomic mass is 79.9. The Morgan fingerprint density at radius 2 is 1.48 bits per heavy atom. The first kappa shape index (κ1) is 39.5. The monoisotopic (exact) mass is 795 g/mol. The summed E-state index contributed by atoms with van der Waals surface area (Å²) in [4.78, 5) is 30.4. The summed E-state index contributed by atoms with van der Waals surface area (Å²) in [7, 11) is 8.77. The van der Waals surface area contributed by atoms with Crippen molar-refractivity contribution in [1.29, 1.82) is 0 Å². The van der Waals surface area contributed by atoms with Crippen molar-refractivity contribution in [2.24, 2.45) is 0 Å². The van der Waals surface area contributed by atoms with E-state index in [0.717, 1.165) is 31.9 Å². The van der Waals surface area contributed by atoms with Crippen LogP contribution in [-0.4, -0.2) is 64.3 Å². The van der Waals surface area contributed by atoms with Crippen LogP contribution in [0, 0.1) is 13.8 Å². The summed E-state index contributed by atoms with van der Waals surface area (Å²) >= 11 is 9.38. The second kappa shape index (κ2) is 18.3. The number of para-hydroxylation sites is 1. The molecule has 0 N–H and O–H groups in total. The average Bonchev–Trinajstić information content (AvgIpc) is 3.64. The van der Waals surface area contributed by atoms with Gasteiger partial charge in [0.2, 0.25) is 17.4 Å². The van der Waals surface area contributed by atoms with E-state index >= 15 is 0 Å². The van der Waals surface area contributed by atoms with Gasteiger partial charge in [-0.1, -0.05) is 45.7 Å². The maximum absolute atomic E-state index is 13.4. The predicted molar refractivity (Wildman–Crippen MR) is 201 cm³/mol. The number of halogens is 2. The molecule has 0 aliphatic rings. The summed E-state index contributed by atoms with van der Waals surface area (Å²) in [6.07, 6.45) is 1.16. The highest BCUT2D eigenvalue weighted by Crippen LogP contribution is 2.44. The van der Waals surface area contributed by atoms with Crippen LogP contribution in [0.3, 0.4) is 0 Å². The topological polar surface area (TPSA) is 120 Å². The van der Waals surface area contributed by atoms with Crippen molar-refractivity contribution < 1.29 is 42.8 Å². The lowest BCUT2D eigenvalue weighted by Gasteiger charge is -2.20. The van der Waals surface area contributed by atoms with Gasteiger partial charge in [-0.15, -0.1) is 5.10 Å². The number of aromatic nitrogens is 2. The molecule has 0 saturated heterocycles. The van der Waals surface area contributed by atoms with Crippen molar-refractivity contribution in [3.05, 3.63) is 116 Å². The summed E-state index contributed by atoms with van der Waals surface area (Å²) < 4.78 is 34.7. The molecule has 0 spiro atoms. The molecule has 0 aliphatic carbocycles. The lowest BCUT2D eigenvalue weighted by molar-refractivity contribution is 0.103. The lowest BCUT2D eigenvalue weighted by atomic mass is 9.93. The van der Waals surface area contributed by atoms with Crippen molar-refractivity contribution in [2.45, 2.75) is 20.5 Å². The number of benzene rings is 4. The van der Waals surface area contributed by atoms with Gasteiger partial charge < -0.3 is 28.4 Å². The minimum atomic E-state index is -0.628. The molecule has 0 unspecified atom stereocenters. The summed E-state index contributed by atoms with van der Waals surface area (Å²) in [6, 6.07) is 21.6. The Morgan fingerprint density at radius 1 is 0.808 bits per heavy atom. The van der Waals surface area contributed by atoms with Gasteiger partial charge in [-0.3, -0.25) is 9.63 Å². The first-order chi connectivity index (χ1) is 25.0. The van der Waals surface area contributed by atoms with E-state index in [2.05, 4.69) is 21.0 Å². The molecule has 5 rings (SSSR count). The van der Waals surface area contributed by atoms with E-state index in [0.29, 0.717) is 50.7 Å². The average molecular weight is 797 g/mol. The van der Waals surface area contributed by atoms with Crippen molar-refractivity contribution in [3.63, 3.8) is 0 Å². The Bertz CT molecular complexity index is 2020. The molecule has 0 bridgehead atoms. The third kappa shape index (κ3) is 8.79. The fourth-order valence-corrected chi connectivity index (χ4v) is 5.71. The van der Waals surface area contributed by atoms with E-state index in [-0.39, 0.29) is 12.4 Å². The number of amides is 1. The number of hydrogen-bond acceptors (Lipinski definition) is 10. The van der Waals surface area contributed by atoms with Gasteiger partial charge in [-0.05, 0) is 73.5 Å². The number of hydroxylamine groups is 1. The Morgan fingerprint density at radius 3 is 2.10 bits per heavy atom. The number of ether oxygens (including phenoxy) is 6. The van der Waals surface area contributed by atoms with Crippen LogP contribution in [0.1, 0.15) is 32.6 Å². The van der Waals surface area contributed by atoms with Crippen molar-refractivity contribution in [3.8, 4) is 34.6 Å². The van der Waals surface area contributed by atoms with E-state index in [1.165, 1.54) is 35.5 Å². The summed E-state index contributed by atoms with van der Waals surface area (Å²) in [5.41, 5.74) is 4.55. The molecule has 4 aromatic carbocycles. The van der Waals surface area contributed by atoms with Crippen molar-refractivity contribution in [1.82, 2.24) is 9.78 Å². The maximum Gasteiger partial charge on any atom is 0.438 e. The normalized spacial score (nSPS) is 10.4. The third-order valence-corrected chi connectivity index (χ3v) is 8.94. The molecule has 0 fully saturated rings. The molecular weight excluding hydrogens is 758 g/mol. The van der Waals surface area contributed by atoms with E-state index in [1.807, 2.05) is 44.2 Å². The fourth-order valence-electron chi connectivity index (χ4n) is 5.26. The van der Waals surface area contributed by atoms with E-state index in [4.69, 9.17) is 44.9 Å². The molecule has 5 aromatic rings. The van der Waals surface area contributed by atoms with Gasteiger partial charge in [0.05, 0.1) is 65.2 Å². The van der Waals surface area contributed by atoms with Crippen LogP contribution in [0.4, 0.5) is 10.5 Å². The van der Waals surface area contributed by atoms with Crippen LogP contribution in [0.25, 0.3) is 5.69 Å². The zero-order valence-corrected chi connectivity index (χ0v) is 32.3. The summed E-state index contributed by atoms with van der Waals surface area (Å²) in [5, 5.41) is 6.11. The van der Waals surface area contributed by atoms with Crippen LogP contribution < -0.4 is 28.7 Å². The standard InChI is InChI=1S/C19H21BrO5.C19H18ClN3O4/c1-10-9-14(23-4)18(24-5)19(25-6)15(10)17(21)16-11(2)12(20)7-8-13(16)22-3;1-25-19(24)23(26-2)17-6-4-3-5-14(17)13-27-18-11-12-22(21-18)16-9-7-15(20)8-10-16/h7-9H,1-6H3;3-12H,13H2,1-2H3. The number of aryl methyl sites for hydroxylation is 1. The Labute approximate surface area is 315 Å². The molecule has 0 saturated carbocycles. The highest BCUT2D eigenvalue weighted by molar-refractivity contribution is 9.10. The quantitative estimate of drug-likeness (QED) is 0.0898. The van der Waals surface area contributed by atoms with Crippen molar-refractivity contribution >= 4 is 45.1 Å². The van der Waals surface area contributed by atoms with E-state index in [1.54, 1.807) is 60.5 Å². The predicted octanol–water partition coefficient (Wildman–Crippen LogP) is 8.57. The number of hydrogen-bond donors (Lipinski definition) is 0. The minimum Gasteiger partial charge on any atom is -0.496 e. The minimum absolute atomic E-state index is 0.199. The van der Waals surface area contributed by atoms with Crippen LogP contribution in [0.15, 0.2) is 83.5 Å². The number of carbonyl (C=O) groups excluding carboxylic acids is 2. The molecule has 0 aliphatic heterocycles. The Hall–Kier alpha value is -5.24. The van der Waals surface area contributed by atoms with Crippen LogP contribution in [0.2, 0.25) is 5.02 Å². The smallest absolute Gasteiger partial charge is 0.438 e.